The average molecular weight is 211 g/mol. The molecule has 0 aliphatic carbocycles. The van der Waals surface area contributed by atoms with Gasteiger partial charge in [-0.25, -0.2) is 0 Å². The van der Waals surface area contributed by atoms with Gasteiger partial charge in [0.25, 0.3) is 0 Å². The summed E-state index contributed by atoms with van der Waals surface area (Å²) in [4.78, 5) is 13.4. The summed E-state index contributed by atoms with van der Waals surface area (Å²) in [6.07, 6.45) is 4.23. The monoisotopic (exact) mass is 211 g/mol. The highest BCUT2D eigenvalue weighted by molar-refractivity contribution is 5.76. The SMILES string of the molecule is CN1CCCC(NC2CCC(=O)NC2)C1. The van der Waals surface area contributed by atoms with E-state index in [-0.39, 0.29) is 5.91 Å². The Labute approximate surface area is 91.4 Å². The predicted octanol–water partition coefficient (Wildman–Crippen LogP) is -0.0512. The first kappa shape index (κ1) is 10.9. The van der Waals surface area contributed by atoms with Crippen LogP contribution in [0.15, 0.2) is 0 Å². The Balaban J connectivity index is 1.74. The van der Waals surface area contributed by atoms with Gasteiger partial charge in [-0.3, -0.25) is 4.79 Å². The quantitative estimate of drug-likeness (QED) is 0.673. The highest BCUT2D eigenvalue weighted by atomic mass is 16.1. The third-order valence-electron chi connectivity index (χ3n) is 3.36. The maximum absolute atomic E-state index is 11.0. The maximum atomic E-state index is 11.0. The van der Waals surface area contributed by atoms with Gasteiger partial charge in [0.2, 0.25) is 5.91 Å². The molecule has 2 N–H and O–H groups in total. The normalized spacial score (nSPS) is 33.8. The second kappa shape index (κ2) is 4.94. The van der Waals surface area contributed by atoms with E-state index in [1.807, 2.05) is 0 Å². The van der Waals surface area contributed by atoms with Crippen LogP contribution in [-0.2, 0) is 4.79 Å². The molecule has 2 aliphatic rings. The predicted molar refractivity (Wildman–Crippen MR) is 59.7 cm³/mol. The van der Waals surface area contributed by atoms with E-state index in [1.54, 1.807) is 0 Å². The van der Waals surface area contributed by atoms with Crippen LogP contribution >= 0.6 is 0 Å². The van der Waals surface area contributed by atoms with Gasteiger partial charge < -0.3 is 15.5 Å². The summed E-state index contributed by atoms with van der Waals surface area (Å²) in [6, 6.07) is 1.10. The van der Waals surface area contributed by atoms with Gasteiger partial charge in [-0.05, 0) is 32.9 Å². The highest BCUT2D eigenvalue weighted by Gasteiger charge is 2.23. The van der Waals surface area contributed by atoms with E-state index in [4.69, 9.17) is 0 Å². The lowest BCUT2D eigenvalue weighted by atomic mass is 10.0. The molecule has 4 heteroatoms. The standard InChI is InChI=1S/C11H21N3O/c1-14-6-2-3-10(8-14)13-9-4-5-11(15)12-7-9/h9-10,13H,2-8H2,1H3,(H,12,15). The summed E-state index contributed by atoms with van der Waals surface area (Å²) < 4.78 is 0. The topological polar surface area (TPSA) is 44.4 Å². The molecule has 0 saturated carbocycles. The molecule has 86 valence electrons. The molecular formula is C11H21N3O. The lowest BCUT2D eigenvalue weighted by molar-refractivity contribution is -0.122. The molecule has 2 fully saturated rings. The molecule has 2 rings (SSSR count). The van der Waals surface area contributed by atoms with Crippen LogP contribution in [0, 0.1) is 0 Å². The number of nitrogens with one attached hydrogen (secondary N) is 2. The molecule has 0 bridgehead atoms. The molecule has 0 radical (unpaired) electrons. The van der Waals surface area contributed by atoms with Crippen LogP contribution in [0.2, 0.25) is 0 Å². The van der Waals surface area contributed by atoms with E-state index in [9.17, 15) is 4.79 Å². The third kappa shape index (κ3) is 3.18. The van der Waals surface area contributed by atoms with Crippen LogP contribution < -0.4 is 10.6 Å². The fourth-order valence-electron chi connectivity index (χ4n) is 2.51. The third-order valence-corrected chi connectivity index (χ3v) is 3.36. The van der Waals surface area contributed by atoms with E-state index < -0.39 is 0 Å². The second-order valence-electron chi connectivity index (χ2n) is 4.81. The minimum absolute atomic E-state index is 0.203. The van der Waals surface area contributed by atoms with Crippen LogP contribution in [0.1, 0.15) is 25.7 Å². The molecular weight excluding hydrogens is 190 g/mol. The van der Waals surface area contributed by atoms with E-state index in [0.29, 0.717) is 18.5 Å². The number of carbonyl (C=O) groups is 1. The van der Waals surface area contributed by atoms with Crippen molar-refractivity contribution >= 4 is 5.91 Å². The van der Waals surface area contributed by atoms with Gasteiger partial charge in [0.05, 0.1) is 0 Å². The Hall–Kier alpha value is -0.610. The number of likely N-dealkylation sites (tertiary alicyclic amines) is 1. The zero-order valence-corrected chi connectivity index (χ0v) is 9.46. The van der Waals surface area contributed by atoms with Crippen LogP contribution in [0.25, 0.3) is 0 Å². The Morgan fingerprint density at radius 1 is 1.40 bits per heavy atom. The van der Waals surface area contributed by atoms with Crippen molar-refractivity contribution in [2.45, 2.75) is 37.8 Å². The highest BCUT2D eigenvalue weighted by Crippen LogP contribution is 2.11. The summed E-state index contributed by atoms with van der Waals surface area (Å²) >= 11 is 0. The van der Waals surface area contributed by atoms with E-state index in [1.165, 1.54) is 19.4 Å². The van der Waals surface area contributed by atoms with Gasteiger partial charge in [0, 0.05) is 31.6 Å². The number of hydrogen-bond donors (Lipinski definition) is 2. The van der Waals surface area contributed by atoms with Crippen molar-refractivity contribution in [3.63, 3.8) is 0 Å². The van der Waals surface area contributed by atoms with E-state index >= 15 is 0 Å². The lowest BCUT2D eigenvalue weighted by Gasteiger charge is -2.34. The van der Waals surface area contributed by atoms with Crippen molar-refractivity contribution in [1.82, 2.24) is 15.5 Å². The fraction of sp³-hybridized carbons (Fsp3) is 0.909. The van der Waals surface area contributed by atoms with Crippen molar-refractivity contribution in [3.05, 3.63) is 0 Å². The maximum Gasteiger partial charge on any atom is 0.220 e. The number of piperidine rings is 2. The van der Waals surface area contributed by atoms with Crippen molar-refractivity contribution < 1.29 is 4.79 Å². The zero-order chi connectivity index (χ0) is 10.7. The van der Waals surface area contributed by atoms with Crippen LogP contribution in [0.5, 0.6) is 0 Å². The van der Waals surface area contributed by atoms with Crippen LogP contribution in [0.4, 0.5) is 0 Å². The second-order valence-corrected chi connectivity index (χ2v) is 4.81. The zero-order valence-electron chi connectivity index (χ0n) is 9.46. The molecule has 0 aromatic heterocycles. The van der Waals surface area contributed by atoms with Gasteiger partial charge in [-0.2, -0.15) is 0 Å². The van der Waals surface area contributed by atoms with Gasteiger partial charge in [0.15, 0.2) is 0 Å². The smallest absolute Gasteiger partial charge is 0.220 e. The molecule has 2 atom stereocenters. The average Bonchev–Trinajstić information content (AvgIpc) is 2.22. The minimum atomic E-state index is 0.203. The summed E-state index contributed by atoms with van der Waals surface area (Å²) in [5.74, 6) is 0.203. The van der Waals surface area contributed by atoms with E-state index in [0.717, 1.165) is 19.5 Å². The first-order valence-electron chi connectivity index (χ1n) is 5.95. The van der Waals surface area contributed by atoms with Crippen molar-refractivity contribution in [2.75, 3.05) is 26.7 Å². The summed E-state index contributed by atoms with van der Waals surface area (Å²) in [5, 5.41) is 6.57. The molecule has 2 heterocycles. The molecule has 2 aliphatic heterocycles. The van der Waals surface area contributed by atoms with E-state index in [2.05, 4.69) is 22.6 Å². The number of carbonyl (C=O) groups excluding carboxylic acids is 1. The van der Waals surface area contributed by atoms with Crippen molar-refractivity contribution in [3.8, 4) is 0 Å². The first-order valence-corrected chi connectivity index (χ1v) is 5.95. The summed E-state index contributed by atoms with van der Waals surface area (Å²) in [7, 11) is 2.18. The lowest BCUT2D eigenvalue weighted by Crippen LogP contribution is -2.53. The first-order chi connectivity index (χ1) is 7.24. The number of rotatable bonds is 2. The number of hydrogen-bond acceptors (Lipinski definition) is 3. The Kier molecular flexibility index (Phi) is 3.59. The van der Waals surface area contributed by atoms with Gasteiger partial charge in [0.1, 0.15) is 0 Å². The molecule has 0 spiro atoms. The molecule has 2 unspecified atom stereocenters. The summed E-state index contributed by atoms with van der Waals surface area (Å²) in [5.41, 5.74) is 0. The largest absolute Gasteiger partial charge is 0.355 e. The van der Waals surface area contributed by atoms with Crippen LogP contribution in [-0.4, -0.2) is 49.6 Å². The Morgan fingerprint density at radius 2 is 2.27 bits per heavy atom. The van der Waals surface area contributed by atoms with Crippen molar-refractivity contribution in [1.29, 1.82) is 0 Å². The van der Waals surface area contributed by atoms with Crippen molar-refractivity contribution in [2.24, 2.45) is 0 Å². The molecule has 0 aromatic carbocycles. The molecule has 15 heavy (non-hydrogen) atoms. The Bertz CT molecular complexity index is 222. The number of likely N-dealkylation sites (N-methyl/N-ethyl adjacent to an activating group) is 1. The Morgan fingerprint density at radius 3 is 2.93 bits per heavy atom. The van der Waals surface area contributed by atoms with Crippen LogP contribution in [0.3, 0.4) is 0 Å². The number of amides is 1. The summed E-state index contributed by atoms with van der Waals surface area (Å²) in [6.45, 7) is 3.17. The van der Waals surface area contributed by atoms with Gasteiger partial charge >= 0.3 is 0 Å². The molecule has 0 aromatic rings. The van der Waals surface area contributed by atoms with Gasteiger partial charge in [-0.1, -0.05) is 0 Å². The molecule has 4 nitrogen and oxygen atoms in total. The number of nitrogens with zero attached hydrogens (tertiary/aromatic N) is 1. The molecule has 2 saturated heterocycles. The minimum Gasteiger partial charge on any atom is -0.355 e. The fourth-order valence-corrected chi connectivity index (χ4v) is 2.51. The molecule has 1 amide bonds. The van der Waals surface area contributed by atoms with Gasteiger partial charge in [-0.15, -0.1) is 0 Å².